The van der Waals surface area contributed by atoms with Crippen molar-refractivity contribution in [3.63, 3.8) is 0 Å². The second-order valence-electron chi connectivity index (χ2n) is 5.33. The highest BCUT2D eigenvalue weighted by molar-refractivity contribution is 7.99. The second kappa shape index (κ2) is 8.43. The lowest BCUT2D eigenvalue weighted by molar-refractivity contribution is -0.387. The van der Waals surface area contributed by atoms with Crippen LogP contribution in [0.5, 0.6) is 5.75 Å². The highest BCUT2D eigenvalue weighted by atomic mass is 32.2. The third-order valence-electron chi connectivity index (χ3n) is 3.52. The largest absolute Gasteiger partial charge is 0.497 e. The number of benzene rings is 2. The minimum atomic E-state index is -0.976. The number of rotatable bonds is 7. The van der Waals surface area contributed by atoms with Crippen LogP contribution in [0.1, 0.15) is 0 Å². The molecule has 0 bridgehead atoms. The zero-order valence-corrected chi connectivity index (χ0v) is 15.2. The number of methoxy groups -OCH3 is 1. The predicted octanol–water partition coefficient (Wildman–Crippen LogP) is 2.45. The average molecular weight is 404 g/mol. The predicted molar refractivity (Wildman–Crippen MR) is 98.1 cm³/mol. The fourth-order valence-corrected chi connectivity index (χ4v) is 2.90. The Bertz CT molecular complexity index is 1010. The van der Waals surface area contributed by atoms with E-state index in [0.717, 1.165) is 23.9 Å². The van der Waals surface area contributed by atoms with Crippen LogP contribution in [0.15, 0.2) is 47.6 Å². The van der Waals surface area contributed by atoms with Gasteiger partial charge in [0, 0.05) is 11.8 Å². The van der Waals surface area contributed by atoms with Gasteiger partial charge in [-0.2, -0.15) is 9.07 Å². The molecule has 1 N–H and O–H groups in total. The van der Waals surface area contributed by atoms with E-state index in [-0.39, 0.29) is 11.4 Å². The molecule has 0 saturated heterocycles. The van der Waals surface area contributed by atoms with Gasteiger partial charge in [-0.15, -0.1) is 5.10 Å². The molecule has 3 aromatic rings. The number of aromatic nitrogens is 4. The van der Waals surface area contributed by atoms with Crippen LogP contribution in [0.25, 0.3) is 5.69 Å². The summed E-state index contributed by atoms with van der Waals surface area (Å²) < 4.78 is 19.9. The number of nitro benzene ring substituents is 1. The Morgan fingerprint density at radius 1 is 1.32 bits per heavy atom. The smallest absolute Gasteiger partial charge is 0.306 e. The molecule has 1 heterocycles. The molecule has 12 heteroatoms. The Hall–Kier alpha value is -3.54. The number of carbonyl (C=O) groups is 1. The van der Waals surface area contributed by atoms with Crippen LogP contribution in [-0.2, 0) is 4.79 Å². The van der Waals surface area contributed by atoms with Crippen LogP contribution in [-0.4, -0.2) is 43.9 Å². The number of tetrazole rings is 1. The van der Waals surface area contributed by atoms with Crippen molar-refractivity contribution in [3.05, 3.63) is 58.4 Å². The Kier molecular flexibility index (Phi) is 5.79. The van der Waals surface area contributed by atoms with Crippen molar-refractivity contribution in [1.29, 1.82) is 0 Å². The summed E-state index contributed by atoms with van der Waals surface area (Å²) in [6, 6.07) is 10.1. The molecular formula is C16H13FN6O4S. The maximum Gasteiger partial charge on any atom is 0.306 e. The first-order valence-electron chi connectivity index (χ1n) is 7.77. The van der Waals surface area contributed by atoms with Crippen molar-refractivity contribution in [1.82, 2.24) is 20.2 Å². The standard InChI is InChI=1S/C16H13FN6O4S/c1-27-12-5-3-11(4-6-12)22-16(19-20-21-22)28-9-15(24)18-10-2-7-13(17)14(8-10)23(25)26/h2-8H,9H2,1H3,(H,18,24). The molecule has 1 amide bonds. The van der Waals surface area contributed by atoms with Gasteiger partial charge in [-0.05, 0) is 46.8 Å². The topological polar surface area (TPSA) is 125 Å². The summed E-state index contributed by atoms with van der Waals surface area (Å²) in [4.78, 5) is 22.0. The van der Waals surface area contributed by atoms with Crippen LogP contribution >= 0.6 is 11.8 Å². The number of anilines is 1. The Balaban J connectivity index is 1.65. The number of hydrogen-bond donors (Lipinski definition) is 1. The van der Waals surface area contributed by atoms with E-state index in [2.05, 4.69) is 20.8 Å². The molecule has 0 saturated carbocycles. The van der Waals surface area contributed by atoms with Crippen LogP contribution in [0.2, 0.25) is 0 Å². The molecule has 0 aliphatic heterocycles. The molecule has 0 aliphatic carbocycles. The Morgan fingerprint density at radius 2 is 2.07 bits per heavy atom. The van der Waals surface area contributed by atoms with Gasteiger partial charge in [-0.3, -0.25) is 14.9 Å². The van der Waals surface area contributed by atoms with Gasteiger partial charge in [0.2, 0.25) is 16.9 Å². The summed E-state index contributed by atoms with van der Waals surface area (Å²) in [7, 11) is 1.56. The molecule has 1 aromatic heterocycles. The van der Waals surface area contributed by atoms with Crippen molar-refractivity contribution in [2.75, 3.05) is 18.2 Å². The van der Waals surface area contributed by atoms with Gasteiger partial charge in [-0.25, -0.2) is 0 Å². The van der Waals surface area contributed by atoms with Crippen LogP contribution < -0.4 is 10.1 Å². The van der Waals surface area contributed by atoms with E-state index in [9.17, 15) is 19.3 Å². The van der Waals surface area contributed by atoms with E-state index in [1.807, 2.05) is 0 Å². The number of hydrogen-bond acceptors (Lipinski definition) is 8. The Morgan fingerprint density at radius 3 is 2.75 bits per heavy atom. The quantitative estimate of drug-likeness (QED) is 0.362. The van der Waals surface area contributed by atoms with E-state index in [1.54, 1.807) is 31.4 Å². The maximum absolute atomic E-state index is 13.4. The van der Waals surface area contributed by atoms with Gasteiger partial charge in [-0.1, -0.05) is 11.8 Å². The lowest BCUT2D eigenvalue weighted by atomic mass is 10.2. The maximum atomic E-state index is 13.4. The molecule has 0 aliphatic rings. The number of nitrogens with zero attached hydrogens (tertiary/aromatic N) is 5. The van der Waals surface area contributed by atoms with Crippen molar-refractivity contribution < 1.29 is 18.8 Å². The fraction of sp³-hybridized carbons (Fsp3) is 0.125. The van der Waals surface area contributed by atoms with Crippen molar-refractivity contribution in [3.8, 4) is 11.4 Å². The number of nitrogens with one attached hydrogen (secondary N) is 1. The minimum absolute atomic E-state index is 0.0539. The number of halogens is 1. The number of amides is 1. The molecule has 0 radical (unpaired) electrons. The molecule has 0 atom stereocenters. The van der Waals surface area contributed by atoms with E-state index in [1.165, 1.54) is 10.7 Å². The molecule has 144 valence electrons. The SMILES string of the molecule is COc1ccc(-n2nnnc2SCC(=O)Nc2ccc(F)c([N+](=O)[O-])c2)cc1. The number of nitro groups is 1. The summed E-state index contributed by atoms with van der Waals surface area (Å²) in [6.45, 7) is 0. The summed E-state index contributed by atoms with van der Waals surface area (Å²) >= 11 is 1.08. The highest BCUT2D eigenvalue weighted by Crippen LogP contribution is 2.23. The normalized spacial score (nSPS) is 10.5. The minimum Gasteiger partial charge on any atom is -0.497 e. The van der Waals surface area contributed by atoms with Crippen molar-refractivity contribution in [2.45, 2.75) is 5.16 Å². The third kappa shape index (κ3) is 4.40. The monoisotopic (exact) mass is 404 g/mol. The van der Waals surface area contributed by atoms with Gasteiger partial charge in [0.25, 0.3) is 0 Å². The summed E-state index contributed by atoms with van der Waals surface area (Å²) in [5, 5.41) is 25.0. The molecule has 0 unspecified atom stereocenters. The van der Waals surface area contributed by atoms with Gasteiger partial charge >= 0.3 is 5.69 Å². The number of carbonyl (C=O) groups excluding carboxylic acids is 1. The Labute approximate surface area is 161 Å². The van der Waals surface area contributed by atoms with E-state index >= 15 is 0 Å². The van der Waals surface area contributed by atoms with Gasteiger partial charge in [0.05, 0.1) is 23.5 Å². The zero-order chi connectivity index (χ0) is 20.1. The van der Waals surface area contributed by atoms with Gasteiger partial charge in [0.1, 0.15) is 5.75 Å². The van der Waals surface area contributed by atoms with Crippen LogP contribution in [0.3, 0.4) is 0 Å². The lowest BCUT2D eigenvalue weighted by Crippen LogP contribution is -2.15. The number of thioether (sulfide) groups is 1. The molecule has 0 spiro atoms. The van der Waals surface area contributed by atoms with Crippen molar-refractivity contribution >= 4 is 29.0 Å². The molecule has 10 nitrogen and oxygen atoms in total. The first-order valence-corrected chi connectivity index (χ1v) is 8.76. The first kappa shape index (κ1) is 19.2. The van der Waals surface area contributed by atoms with Crippen molar-refractivity contribution in [2.24, 2.45) is 0 Å². The van der Waals surface area contributed by atoms with E-state index < -0.39 is 22.3 Å². The summed E-state index contributed by atoms with van der Waals surface area (Å²) in [5.74, 6) is -0.799. The van der Waals surface area contributed by atoms with E-state index in [4.69, 9.17) is 4.74 Å². The summed E-state index contributed by atoms with van der Waals surface area (Å²) in [6.07, 6.45) is 0. The molecule has 2 aromatic carbocycles. The van der Waals surface area contributed by atoms with Gasteiger partial charge < -0.3 is 10.1 Å². The second-order valence-corrected chi connectivity index (χ2v) is 6.27. The third-order valence-corrected chi connectivity index (χ3v) is 4.44. The van der Waals surface area contributed by atoms with Gasteiger partial charge in [0.15, 0.2) is 0 Å². The molecule has 3 rings (SSSR count). The molecular weight excluding hydrogens is 391 g/mol. The average Bonchev–Trinajstić information content (AvgIpc) is 3.16. The van der Waals surface area contributed by atoms with Crippen LogP contribution in [0, 0.1) is 15.9 Å². The fourth-order valence-electron chi connectivity index (χ4n) is 2.21. The molecule has 0 fully saturated rings. The zero-order valence-electron chi connectivity index (χ0n) is 14.4. The highest BCUT2D eigenvalue weighted by Gasteiger charge is 2.16. The van der Waals surface area contributed by atoms with Crippen LogP contribution in [0.4, 0.5) is 15.8 Å². The number of ether oxygens (including phenoxy) is 1. The lowest BCUT2D eigenvalue weighted by Gasteiger charge is -2.07. The molecule has 28 heavy (non-hydrogen) atoms. The first-order chi connectivity index (χ1) is 13.5. The van der Waals surface area contributed by atoms with E-state index in [0.29, 0.717) is 16.6 Å². The summed E-state index contributed by atoms with van der Waals surface area (Å²) in [5.41, 5.74) is 0.0882.